The molecule has 3 aromatic rings. The van der Waals surface area contributed by atoms with E-state index in [1.54, 1.807) is 29.5 Å². The van der Waals surface area contributed by atoms with Gasteiger partial charge in [0.15, 0.2) is 11.6 Å². The van der Waals surface area contributed by atoms with E-state index in [0.717, 1.165) is 5.56 Å². The first-order valence-corrected chi connectivity index (χ1v) is 14.0. The van der Waals surface area contributed by atoms with Crippen LogP contribution in [-0.2, 0) is 32.3 Å². The number of piperidine rings is 1. The van der Waals surface area contributed by atoms with Crippen LogP contribution in [0, 0.1) is 5.92 Å². The number of carbonyl (C=O) groups excluding carboxylic acids is 4. The van der Waals surface area contributed by atoms with Gasteiger partial charge in [-0.3, -0.25) is 19.2 Å². The number of amides is 3. The molecule has 222 valence electrons. The van der Waals surface area contributed by atoms with Crippen molar-refractivity contribution in [3.63, 3.8) is 0 Å². The standard InChI is InChI=1S/C31H38N6O5/c1-31(2,32)30(41)34-25(20-42-19-22-9-5-3-6-10-22)29(40)35-26-17-36(21-33-26)18-27(38)37-15-13-24(14-16-37)28(39)23-11-7-4-8-12-23/h3-12,17,21,24-25H,13-16,18-20,32H2,1-2H3,(H,34,41)(H,35,40). The average molecular weight is 575 g/mol. The highest BCUT2D eigenvalue weighted by Crippen LogP contribution is 2.22. The van der Waals surface area contributed by atoms with Crippen LogP contribution in [0.1, 0.15) is 42.6 Å². The molecule has 11 nitrogen and oxygen atoms in total. The molecule has 0 bridgehead atoms. The van der Waals surface area contributed by atoms with Crippen LogP contribution < -0.4 is 16.4 Å². The third kappa shape index (κ3) is 8.58. The lowest BCUT2D eigenvalue weighted by molar-refractivity contribution is -0.133. The number of likely N-dealkylation sites (tertiary alicyclic amines) is 1. The highest BCUT2D eigenvalue weighted by molar-refractivity contribution is 5.98. The van der Waals surface area contributed by atoms with Crippen molar-refractivity contribution in [1.82, 2.24) is 19.8 Å². The third-order valence-electron chi connectivity index (χ3n) is 7.08. The Morgan fingerprint density at radius 3 is 2.31 bits per heavy atom. The van der Waals surface area contributed by atoms with Crippen molar-refractivity contribution in [2.45, 2.75) is 51.4 Å². The summed E-state index contributed by atoms with van der Waals surface area (Å²) in [6.45, 7) is 4.33. The van der Waals surface area contributed by atoms with Crippen molar-refractivity contribution in [2.75, 3.05) is 25.0 Å². The number of rotatable bonds is 12. The maximum absolute atomic E-state index is 13.1. The summed E-state index contributed by atoms with van der Waals surface area (Å²) in [4.78, 5) is 57.2. The average Bonchev–Trinajstić information content (AvgIpc) is 3.43. The predicted octanol–water partition coefficient (Wildman–Crippen LogP) is 2.38. The molecule has 1 atom stereocenters. The fourth-order valence-corrected chi connectivity index (χ4v) is 4.61. The van der Waals surface area contributed by atoms with Crippen LogP contribution >= 0.6 is 0 Å². The molecular weight excluding hydrogens is 536 g/mol. The fourth-order valence-electron chi connectivity index (χ4n) is 4.61. The summed E-state index contributed by atoms with van der Waals surface area (Å²) in [5.74, 6) is -0.873. The van der Waals surface area contributed by atoms with Gasteiger partial charge in [0.1, 0.15) is 12.6 Å². The van der Waals surface area contributed by atoms with Crippen LogP contribution in [0.15, 0.2) is 73.2 Å². The lowest BCUT2D eigenvalue weighted by Gasteiger charge is -2.31. The van der Waals surface area contributed by atoms with Gasteiger partial charge in [0.2, 0.25) is 11.8 Å². The molecule has 0 radical (unpaired) electrons. The highest BCUT2D eigenvalue weighted by Gasteiger charge is 2.30. The molecule has 4 N–H and O–H groups in total. The van der Waals surface area contributed by atoms with E-state index in [1.165, 1.54) is 6.33 Å². The molecule has 1 aliphatic heterocycles. The molecule has 2 heterocycles. The Morgan fingerprint density at radius 1 is 1.02 bits per heavy atom. The molecule has 0 aliphatic carbocycles. The first-order chi connectivity index (χ1) is 20.1. The Morgan fingerprint density at radius 2 is 1.67 bits per heavy atom. The van der Waals surface area contributed by atoms with Gasteiger partial charge < -0.3 is 30.6 Å². The smallest absolute Gasteiger partial charge is 0.250 e. The van der Waals surface area contributed by atoms with Crippen LogP contribution in [0.2, 0.25) is 0 Å². The first kappa shape index (κ1) is 30.6. The normalized spacial score (nSPS) is 14.7. The molecule has 3 amide bonds. The molecule has 1 unspecified atom stereocenters. The number of hydrogen-bond acceptors (Lipinski definition) is 7. The molecule has 1 aromatic heterocycles. The van der Waals surface area contributed by atoms with Gasteiger partial charge in [-0.15, -0.1) is 0 Å². The molecule has 1 saturated heterocycles. The van der Waals surface area contributed by atoms with Crippen LogP contribution in [-0.4, -0.2) is 69.2 Å². The minimum absolute atomic E-state index is 0.0435. The molecule has 1 aliphatic rings. The van der Waals surface area contributed by atoms with Gasteiger partial charge >= 0.3 is 0 Å². The van der Waals surface area contributed by atoms with Gasteiger partial charge in [-0.05, 0) is 32.3 Å². The van der Waals surface area contributed by atoms with E-state index in [-0.39, 0.29) is 43.2 Å². The van der Waals surface area contributed by atoms with E-state index in [9.17, 15) is 19.2 Å². The highest BCUT2D eigenvalue weighted by atomic mass is 16.5. The number of ether oxygens (including phenoxy) is 1. The fraction of sp³-hybridized carbons (Fsp3) is 0.387. The van der Waals surface area contributed by atoms with Crippen molar-refractivity contribution in [3.05, 3.63) is 84.3 Å². The number of Topliss-reactive ketones (excluding diaryl/α,β-unsaturated/α-hetero) is 1. The summed E-state index contributed by atoms with van der Waals surface area (Å²) in [6.07, 6.45) is 4.24. The first-order valence-electron chi connectivity index (χ1n) is 14.0. The van der Waals surface area contributed by atoms with E-state index < -0.39 is 23.4 Å². The van der Waals surface area contributed by atoms with Crippen molar-refractivity contribution in [2.24, 2.45) is 11.7 Å². The number of aromatic nitrogens is 2. The summed E-state index contributed by atoms with van der Waals surface area (Å²) in [7, 11) is 0. The number of carbonyl (C=O) groups is 4. The van der Waals surface area contributed by atoms with Crippen molar-refractivity contribution >= 4 is 29.3 Å². The Kier molecular flexibility index (Phi) is 10.2. The largest absolute Gasteiger partial charge is 0.374 e. The van der Waals surface area contributed by atoms with Crippen LogP contribution in [0.3, 0.4) is 0 Å². The number of nitrogens with two attached hydrogens (primary N) is 1. The van der Waals surface area contributed by atoms with Gasteiger partial charge in [0.05, 0.1) is 25.1 Å². The SMILES string of the molecule is CC(C)(N)C(=O)NC(COCc1ccccc1)C(=O)Nc1cn(CC(=O)N2CCC(C(=O)c3ccccc3)CC2)cn1. The quantitative estimate of drug-likeness (QED) is 0.281. The number of nitrogens with one attached hydrogen (secondary N) is 2. The van der Waals surface area contributed by atoms with E-state index in [1.807, 2.05) is 60.7 Å². The Hall–Kier alpha value is -4.35. The monoisotopic (exact) mass is 574 g/mol. The Balaban J connectivity index is 1.29. The van der Waals surface area contributed by atoms with E-state index in [4.69, 9.17) is 10.5 Å². The second kappa shape index (κ2) is 14.0. The maximum Gasteiger partial charge on any atom is 0.250 e. The Labute approximate surface area is 245 Å². The summed E-state index contributed by atoms with van der Waals surface area (Å²) in [6, 6.07) is 17.7. The third-order valence-corrected chi connectivity index (χ3v) is 7.08. The van der Waals surface area contributed by atoms with Gasteiger partial charge in [-0.2, -0.15) is 0 Å². The topological polar surface area (TPSA) is 149 Å². The summed E-state index contributed by atoms with van der Waals surface area (Å²) >= 11 is 0. The van der Waals surface area contributed by atoms with Gasteiger partial charge in [-0.25, -0.2) is 4.98 Å². The number of imidazole rings is 1. The summed E-state index contributed by atoms with van der Waals surface area (Å²) < 4.78 is 7.30. The van der Waals surface area contributed by atoms with Crippen molar-refractivity contribution in [1.29, 1.82) is 0 Å². The predicted molar refractivity (Wildman–Crippen MR) is 157 cm³/mol. The zero-order chi connectivity index (χ0) is 30.1. The summed E-state index contributed by atoms with van der Waals surface area (Å²) in [5.41, 5.74) is 6.34. The van der Waals surface area contributed by atoms with Gasteiger partial charge in [0, 0.05) is 30.8 Å². The molecule has 2 aromatic carbocycles. The molecule has 42 heavy (non-hydrogen) atoms. The van der Waals surface area contributed by atoms with Crippen molar-refractivity contribution in [3.8, 4) is 0 Å². The number of hydrogen-bond donors (Lipinski definition) is 3. The zero-order valence-corrected chi connectivity index (χ0v) is 24.0. The minimum Gasteiger partial charge on any atom is -0.374 e. The van der Waals surface area contributed by atoms with E-state index in [2.05, 4.69) is 15.6 Å². The number of nitrogens with zero attached hydrogens (tertiary/aromatic N) is 3. The van der Waals surface area contributed by atoms with Crippen molar-refractivity contribution < 1.29 is 23.9 Å². The lowest BCUT2D eigenvalue weighted by Crippen LogP contribution is -2.56. The number of ketones is 1. The zero-order valence-electron chi connectivity index (χ0n) is 24.0. The molecule has 0 spiro atoms. The maximum atomic E-state index is 13.1. The van der Waals surface area contributed by atoms with Crippen LogP contribution in [0.25, 0.3) is 0 Å². The lowest BCUT2D eigenvalue weighted by atomic mass is 9.89. The Bertz CT molecular complexity index is 1360. The van der Waals surface area contributed by atoms with Crippen LogP contribution in [0.4, 0.5) is 5.82 Å². The second-order valence-corrected chi connectivity index (χ2v) is 11.1. The molecule has 4 rings (SSSR count). The number of benzene rings is 2. The minimum atomic E-state index is -1.19. The second-order valence-electron chi connectivity index (χ2n) is 11.1. The van der Waals surface area contributed by atoms with Crippen LogP contribution in [0.5, 0.6) is 0 Å². The molecule has 0 saturated carbocycles. The van der Waals surface area contributed by atoms with Gasteiger partial charge in [-0.1, -0.05) is 60.7 Å². The molecular formula is C31H38N6O5. The molecule has 1 fully saturated rings. The summed E-state index contributed by atoms with van der Waals surface area (Å²) in [5, 5.41) is 5.33. The molecule has 11 heteroatoms. The van der Waals surface area contributed by atoms with E-state index >= 15 is 0 Å². The number of anilines is 1. The van der Waals surface area contributed by atoms with Gasteiger partial charge in [0.25, 0.3) is 5.91 Å². The van der Waals surface area contributed by atoms with E-state index in [0.29, 0.717) is 31.5 Å².